The summed E-state index contributed by atoms with van der Waals surface area (Å²) in [6, 6.07) is 5.91. The predicted octanol–water partition coefficient (Wildman–Crippen LogP) is 3.36. The Kier molecular flexibility index (Phi) is 3.41. The van der Waals surface area contributed by atoms with Crippen molar-refractivity contribution < 1.29 is 9.90 Å². The molecular formula is C14H17BrO2. The summed E-state index contributed by atoms with van der Waals surface area (Å²) in [5.41, 5.74) is 1.64. The third kappa shape index (κ3) is 2.45. The van der Waals surface area contributed by atoms with Crippen LogP contribution in [0.4, 0.5) is 0 Å². The predicted molar refractivity (Wildman–Crippen MR) is 71.2 cm³/mol. The van der Waals surface area contributed by atoms with E-state index < -0.39 is 0 Å². The van der Waals surface area contributed by atoms with Crippen LogP contribution in [0, 0.1) is 5.41 Å². The van der Waals surface area contributed by atoms with Crippen molar-refractivity contribution in [3.8, 4) is 0 Å². The highest BCUT2D eigenvalue weighted by atomic mass is 79.9. The fraction of sp³-hybridized carbons (Fsp3) is 0.500. The van der Waals surface area contributed by atoms with E-state index in [-0.39, 0.29) is 17.3 Å². The second-order valence-corrected chi connectivity index (χ2v) is 6.17. The average Bonchev–Trinajstić information content (AvgIpc) is 2.51. The third-order valence-corrected chi connectivity index (χ3v) is 4.05. The highest BCUT2D eigenvalue weighted by molar-refractivity contribution is 9.10. The molecular weight excluding hydrogens is 280 g/mol. The molecule has 0 fully saturated rings. The summed E-state index contributed by atoms with van der Waals surface area (Å²) in [7, 11) is 0. The van der Waals surface area contributed by atoms with Crippen molar-refractivity contribution >= 4 is 21.7 Å². The topological polar surface area (TPSA) is 37.3 Å². The number of carbonyl (C=O) groups is 1. The second kappa shape index (κ2) is 4.54. The molecule has 1 aliphatic rings. The summed E-state index contributed by atoms with van der Waals surface area (Å²) in [5.74, 6) is 0.217. The largest absolute Gasteiger partial charge is 0.393 e. The molecule has 0 radical (unpaired) electrons. The number of Topliss-reactive ketones (excluding diaryl/α,β-unsaturated/α-hetero) is 1. The molecule has 0 aromatic heterocycles. The van der Waals surface area contributed by atoms with Crippen molar-refractivity contribution in [3.05, 3.63) is 33.8 Å². The van der Waals surface area contributed by atoms with Gasteiger partial charge in [0.15, 0.2) is 5.78 Å². The van der Waals surface area contributed by atoms with E-state index in [0.717, 1.165) is 28.4 Å². The Morgan fingerprint density at radius 1 is 1.53 bits per heavy atom. The molecule has 17 heavy (non-hydrogen) atoms. The monoisotopic (exact) mass is 296 g/mol. The van der Waals surface area contributed by atoms with E-state index >= 15 is 0 Å². The molecule has 3 heteroatoms. The SMILES string of the molecule is C[C@@H](O)CC[C@]1(C)Cc2ccc(Br)cc2C1=O. The molecule has 0 heterocycles. The zero-order chi connectivity index (χ0) is 12.6. The summed E-state index contributed by atoms with van der Waals surface area (Å²) in [6.45, 7) is 3.78. The maximum atomic E-state index is 12.4. The molecule has 0 saturated carbocycles. The van der Waals surface area contributed by atoms with Crippen LogP contribution in [0.15, 0.2) is 22.7 Å². The van der Waals surface area contributed by atoms with Gasteiger partial charge in [0.1, 0.15) is 0 Å². The fourth-order valence-corrected chi connectivity index (χ4v) is 2.83. The van der Waals surface area contributed by atoms with Crippen LogP contribution >= 0.6 is 15.9 Å². The lowest BCUT2D eigenvalue weighted by molar-refractivity contribution is 0.0797. The van der Waals surface area contributed by atoms with Gasteiger partial charge in [-0.3, -0.25) is 4.79 Å². The first-order valence-electron chi connectivity index (χ1n) is 5.94. The summed E-state index contributed by atoms with van der Waals surface area (Å²) < 4.78 is 0.948. The summed E-state index contributed by atoms with van der Waals surface area (Å²) in [5, 5.41) is 9.36. The van der Waals surface area contributed by atoms with Gasteiger partial charge in [0.25, 0.3) is 0 Å². The van der Waals surface area contributed by atoms with Crippen LogP contribution in [0.3, 0.4) is 0 Å². The Labute approximate surface area is 110 Å². The maximum absolute atomic E-state index is 12.4. The lowest BCUT2D eigenvalue weighted by Gasteiger charge is -2.22. The Balaban J connectivity index is 2.24. The summed E-state index contributed by atoms with van der Waals surface area (Å²) in [4.78, 5) is 12.4. The number of halogens is 1. The lowest BCUT2D eigenvalue weighted by atomic mass is 9.81. The molecule has 0 amide bonds. The Morgan fingerprint density at radius 2 is 2.24 bits per heavy atom. The number of ketones is 1. The van der Waals surface area contributed by atoms with Gasteiger partial charge in [-0.1, -0.05) is 28.9 Å². The normalized spacial score (nSPS) is 24.8. The molecule has 2 nitrogen and oxygen atoms in total. The number of aliphatic hydroxyl groups excluding tert-OH is 1. The van der Waals surface area contributed by atoms with Gasteiger partial charge >= 0.3 is 0 Å². The molecule has 0 spiro atoms. The van der Waals surface area contributed by atoms with E-state index in [0.29, 0.717) is 6.42 Å². The minimum Gasteiger partial charge on any atom is -0.393 e. The molecule has 1 aromatic carbocycles. The zero-order valence-electron chi connectivity index (χ0n) is 10.2. The van der Waals surface area contributed by atoms with E-state index in [1.165, 1.54) is 0 Å². The van der Waals surface area contributed by atoms with E-state index in [1.54, 1.807) is 6.92 Å². The molecule has 2 rings (SSSR count). The zero-order valence-corrected chi connectivity index (χ0v) is 11.8. The first kappa shape index (κ1) is 12.8. The van der Waals surface area contributed by atoms with E-state index in [4.69, 9.17) is 0 Å². The van der Waals surface area contributed by atoms with Crippen LogP contribution < -0.4 is 0 Å². The molecule has 1 aromatic rings. The first-order valence-corrected chi connectivity index (χ1v) is 6.73. The van der Waals surface area contributed by atoms with Gasteiger partial charge in [-0.25, -0.2) is 0 Å². The van der Waals surface area contributed by atoms with Gasteiger partial charge in [-0.15, -0.1) is 0 Å². The van der Waals surface area contributed by atoms with Crippen LogP contribution in [0.5, 0.6) is 0 Å². The van der Waals surface area contributed by atoms with Gasteiger partial charge in [-0.05, 0) is 43.9 Å². The first-order chi connectivity index (χ1) is 7.92. The van der Waals surface area contributed by atoms with Crippen molar-refractivity contribution in [2.24, 2.45) is 5.41 Å². The quantitative estimate of drug-likeness (QED) is 0.929. The van der Waals surface area contributed by atoms with Crippen molar-refractivity contribution in [3.63, 3.8) is 0 Å². The van der Waals surface area contributed by atoms with Crippen molar-refractivity contribution in [2.45, 2.75) is 39.2 Å². The molecule has 0 aliphatic heterocycles. The lowest BCUT2D eigenvalue weighted by Crippen LogP contribution is -2.25. The smallest absolute Gasteiger partial charge is 0.169 e. The van der Waals surface area contributed by atoms with Crippen LogP contribution in [-0.2, 0) is 6.42 Å². The maximum Gasteiger partial charge on any atom is 0.169 e. The number of hydrogen-bond acceptors (Lipinski definition) is 2. The van der Waals surface area contributed by atoms with Crippen LogP contribution in [0.2, 0.25) is 0 Å². The van der Waals surface area contributed by atoms with Crippen LogP contribution in [-0.4, -0.2) is 17.0 Å². The minimum atomic E-state index is -0.338. The summed E-state index contributed by atoms with van der Waals surface area (Å²) in [6.07, 6.45) is 1.88. The van der Waals surface area contributed by atoms with E-state index in [1.807, 2.05) is 25.1 Å². The van der Waals surface area contributed by atoms with Gasteiger partial charge in [0.05, 0.1) is 6.10 Å². The fourth-order valence-electron chi connectivity index (χ4n) is 2.47. The number of hydrogen-bond donors (Lipinski definition) is 1. The average molecular weight is 297 g/mol. The molecule has 0 unspecified atom stereocenters. The van der Waals surface area contributed by atoms with Crippen LogP contribution in [0.1, 0.15) is 42.6 Å². The number of aliphatic hydroxyl groups is 1. The Bertz CT molecular complexity index is 454. The molecule has 0 bridgehead atoms. The third-order valence-electron chi connectivity index (χ3n) is 3.56. The highest BCUT2D eigenvalue weighted by Crippen LogP contribution is 2.41. The highest BCUT2D eigenvalue weighted by Gasteiger charge is 2.41. The van der Waals surface area contributed by atoms with Gasteiger partial charge in [0.2, 0.25) is 0 Å². The van der Waals surface area contributed by atoms with Gasteiger partial charge in [-0.2, -0.15) is 0 Å². The van der Waals surface area contributed by atoms with Crippen molar-refractivity contribution in [2.75, 3.05) is 0 Å². The standard InChI is InChI=1S/C14H17BrO2/c1-9(16)5-6-14(2)8-10-3-4-11(15)7-12(10)13(14)17/h3-4,7,9,16H,5-6,8H2,1-2H3/t9-,14-/m1/s1. The van der Waals surface area contributed by atoms with E-state index in [9.17, 15) is 9.90 Å². The molecule has 2 atom stereocenters. The van der Waals surface area contributed by atoms with Crippen molar-refractivity contribution in [1.82, 2.24) is 0 Å². The molecule has 0 saturated heterocycles. The van der Waals surface area contributed by atoms with Crippen LogP contribution in [0.25, 0.3) is 0 Å². The number of rotatable bonds is 3. The molecule has 92 valence electrons. The Morgan fingerprint density at radius 3 is 2.88 bits per heavy atom. The van der Waals surface area contributed by atoms with Gasteiger partial charge in [0, 0.05) is 15.5 Å². The van der Waals surface area contributed by atoms with Gasteiger partial charge < -0.3 is 5.11 Å². The molecule has 1 aliphatic carbocycles. The second-order valence-electron chi connectivity index (χ2n) is 5.26. The number of fused-ring (bicyclic) bond motifs is 1. The minimum absolute atomic E-state index is 0.217. The number of benzene rings is 1. The summed E-state index contributed by atoms with van der Waals surface area (Å²) >= 11 is 3.40. The Hall–Kier alpha value is -0.670. The van der Waals surface area contributed by atoms with Crippen molar-refractivity contribution in [1.29, 1.82) is 0 Å². The molecule has 1 N–H and O–H groups in total. The van der Waals surface area contributed by atoms with E-state index in [2.05, 4.69) is 15.9 Å². The number of carbonyl (C=O) groups excluding carboxylic acids is 1.